The number of fused-ring (bicyclic) bond motifs is 3. The van der Waals surface area contributed by atoms with E-state index in [0.29, 0.717) is 28.0 Å². The monoisotopic (exact) mass is 460 g/mol. The van der Waals surface area contributed by atoms with Crippen molar-refractivity contribution in [1.82, 2.24) is 0 Å². The Labute approximate surface area is 196 Å². The van der Waals surface area contributed by atoms with E-state index in [2.05, 4.69) is 18.2 Å². The van der Waals surface area contributed by atoms with E-state index in [-0.39, 0.29) is 11.4 Å². The van der Waals surface area contributed by atoms with E-state index in [1.807, 2.05) is 36.4 Å². The summed E-state index contributed by atoms with van der Waals surface area (Å²) in [4.78, 5) is 15.4. The van der Waals surface area contributed by atoms with Crippen molar-refractivity contribution in [3.8, 4) is 21.9 Å². The zero-order valence-corrected chi connectivity index (χ0v) is 18.6. The Hall–Kier alpha value is -4.23. The van der Waals surface area contributed by atoms with Crippen molar-refractivity contribution < 1.29 is 9.21 Å². The van der Waals surface area contributed by atoms with Crippen molar-refractivity contribution in [2.45, 2.75) is 0 Å². The first-order valence-corrected chi connectivity index (χ1v) is 11.7. The second-order valence-corrected chi connectivity index (χ2v) is 9.71. The van der Waals surface area contributed by atoms with Gasteiger partial charge in [0.15, 0.2) is 5.78 Å². The van der Waals surface area contributed by atoms with Crippen molar-refractivity contribution in [2.24, 2.45) is 0 Å². The summed E-state index contributed by atoms with van der Waals surface area (Å²) in [5, 5.41) is 20.1. The number of rotatable bonds is 2. The maximum atomic E-state index is 13.1. The van der Waals surface area contributed by atoms with Crippen LogP contribution in [0, 0.1) is 22.7 Å². The van der Waals surface area contributed by atoms with Crippen LogP contribution in [0.2, 0.25) is 0 Å². The van der Waals surface area contributed by atoms with Gasteiger partial charge in [-0.3, -0.25) is 4.79 Å². The summed E-state index contributed by atoms with van der Waals surface area (Å²) < 4.78 is 8.27. The Kier molecular flexibility index (Phi) is 4.38. The van der Waals surface area contributed by atoms with Gasteiger partial charge >= 0.3 is 0 Å². The first kappa shape index (κ1) is 19.5. The largest absolute Gasteiger partial charge is 0.456 e. The molecule has 1 aliphatic rings. The molecule has 0 bridgehead atoms. The first-order valence-electron chi connectivity index (χ1n) is 10.1. The summed E-state index contributed by atoms with van der Waals surface area (Å²) in [6.07, 6.45) is 1.64. The standard InChI is InChI=1S/C27H12N2O2S2/c28-13-16(14-29)26-18-6-2-3-7-19(18)27(30)20(26)10-17-11-23-21(31-17)12-25(33-23)24-9-15-5-1-4-8-22(15)32-24/h1-12H/b20-10-. The molecule has 4 nitrogen and oxygen atoms in total. The molecule has 0 amide bonds. The SMILES string of the molecule is N#CC(C#N)=C1/C(=C/c2cc3sc(-c4cc5ccccc5s4)cc3o2)C(=O)c2ccccc21. The highest BCUT2D eigenvalue weighted by atomic mass is 32.1. The lowest BCUT2D eigenvalue weighted by molar-refractivity contribution is 0.104. The van der Waals surface area contributed by atoms with E-state index in [0.717, 1.165) is 15.2 Å². The molecule has 0 radical (unpaired) electrons. The quantitative estimate of drug-likeness (QED) is 0.202. The fraction of sp³-hybridized carbons (Fsp3) is 0. The number of hydrogen-bond acceptors (Lipinski definition) is 6. The number of benzene rings is 2. The van der Waals surface area contributed by atoms with Crippen LogP contribution in [0.25, 0.3) is 41.8 Å². The van der Waals surface area contributed by atoms with Crippen LogP contribution in [0.4, 0.5) is 0 Å². The molecule has 0 saturated heterocycles. The van der Waals surface area contributed by atoms with Crippen LogP contribution in [0.3, 0.4) is 0 Å². The topological polar surface area (TPSA) is 77.8 Å². The second kappa shape index (κ2) is 7.43. The number of thiophene rings is 2. The predicted molar refractivity (Wildman–Crippen MR) is 132 cm³/mol. The Bertz CT molecular complexity index is 1680. The molecular formula is C27H12N2O2S2. The van der Waals surface area contributed by atoms with Gasteiger partial charge in [-0.2, -0.15) is 10.5 Å². The summed E-state index contributed by atoms with van der Waals surface area (Å²) in [7, 11) is 0. The zero-order valence-electron chi connectivity index (χ0n) is 17.0. The number of carbonyl (C=O) groups excluding carboxylic acids is 1. The molecule has 6 heteroatoms. The van der Waals surface area contributed by atoms with Gasteiger partial charge in [0.2, 0.25) is 0 Å². The smallest absolute Gasteiger partial charge is 0.194 e. The van der Waals surface area contributed by atoms with Crippen LogP contribution >= 0.6 is 22.7 Å². The summed E-state index contributed by atoms with van der Waals surface area (Å²) >= 11 is 3.38. The third kappa shape index (κ3) is 3.05. The molecule has 3 heterocycles. The van der Waals surface area contributed by atoms with Gasteiger partial charge in [-0.25, -0.2) is 0 Å². The lowest BCUT2D eigenvalue weighted by Gasteiger charge is -2.00. The summed E-state index contributed by atoms with van der Waals surface area (Å²) in [5.41, 5.74) is 2.43. The number of hydrogen-bond donors (Lipinski definition) is 0. The van der Waals surface area contributed by atoms with E-state index in [1.165, 1.54) is 15.0 Å². The van der Waals surface area contributed by atoms with Gasteiger partial charge in [0.1, 0.15) is 29.1 Å². The third-order valence-corrected chi connectivity index (χ3v) is 7.98. The number of nitriles is 2. The van der Waals surface area contributed by atoms with Crippen LogP contribution in [-0.4, -0.2) is 5.78 Å². The van der Waals surface area contributed by atoms with Crippen molar-refractivity contribution in [3.05, 3.63) is 94.8 Å². The lowest BCUT2D eigenvalue weighted by atomic mass is 9.99. The minimum atomic E-state index is -0.214. The van der Waals surface area contributed by atoms with Crippen molar-refractivity contribution in [3.63, 3.8) is 0 Å². The molecule has 3 aromatic heterocycles. The number of furan rings is 1. The highest BCUT2D eigenvalue weighted by molar-refractivity contribution is 7.28. The number of allylic oxidation sites excluding steroid dienone is 3. The Morgan fingerprint density at radius 1 is 0.848 bits per heavy atom. The van der Waals surface area contributed by atoms with Crippen molar-refractivity contribution in [1.29, 1.82) is 10.5 Å². The Morgan fingerprint density at radius 2 is 1.55 bits per heavy atom. The van der Waals surface area contributed by atoms with Gasteiger partial charge in [-0.15, -0.1) is 22.7 Å². The van der Waals surface area contributed by atoms with Crippen LogP contribution in [-0.2, 0) is 0 Å². The molecule has 0 fully saturated rings. The maximum Gasteiger partial charge on any atom is 0.194 e. The van der Waals surface area contributed by atoms with E-state index < -0.39 is 0 Å². The van der Waals surface area contributed by atoms with Crippen LogP contribution in [0.15, 0.2) is 82.3 Å². The molecule has 33 heavy (non-hydrogen) atoms. The molecule has 0 spiro atoms. The average molecular weight is 461 g/mol. The molecule has 0 N–H and O–H groups in total. The highest BCUT2D eigenvalue weighted by Gasteiger charge is 2.32. The van der Waals surface area contributed by atoms with Gasteiger partial charge in [-0.1, -0.05) is 42.5 Å². The number of ketones is 1. The lowest BCUT2D eigenvalue weighted by Crippen LogP contribution is -1.95. The molecule has 0 saturated carbocycles. The van der Waals surface area contributed by atoms with E-state index in [4.69, 9.17) is 4.42 Å². The minimum absolute atomic E-state index is 0.0834. The maximum absolute atomic E-state index is 13.1. The third-order valence-electron chi connectivity index (χ3n) is 5.61. The highest BCUT2D eigenvalue weighted by Crippen LogP contribution is 2.43. The van der Waals surface area contributed by atoms with Gasteiger partial charge in [0.05, 0.1) is 4.70 Å². The normalized spacial score (nSPS) is 14.1. The molecular weight excluding hydrogens is 448 g/mol. The fourth-order valence-electron chi connectivity index (χ4n) is 4.14. The molecule has 5 aromatic rings. The van der Waals surface area contributed by atoms with Gasteiger partial charge in [-0.05, 0) is 29.2 Å². The van der Waals surface area contributed by atoms with Gasteiger partial charge in [0, 0.05) is 43.3 Å². The molecule has 1 aliphatic carbocycles. The van der Waals surface area contributed by atoms with E-state index in [1.54, 1.807) is 53.0 Å². The minimum Gasteiger partial charge on any atom is -0.456 e. The van der Waals surface area contributed by atoms with Gasteiger partial charge < -0.3 is 4.42 Å². The molecule has 2 aromatic carbocycles. The Morgan fingerprint density at radius 3 is 2.30 bits per heavy atom. The summed E-state index contributed by atoms with van der Waals surface area (Å²) in [5.74, 6) is 0.303. The van der Waals surface area contributed by atoms with E-state index in [9.17, 15) is 15.3 Å². The fourth-order valence-corrected chi connectivity index (χ4v) is 6.30. The molecule has 154 valence electrons. The summed E-state index contributed by atoms with van der Waals surface area (Å²) in [6.45, 7) is 0. The Balaban J connectivity index is 1.43. The molecule has 6 rings (SSSR count). The van der Waals surface area contributed by atoms with Crippen molar-refractivity contribution >= 4 is 60.5 Å². The number of nitrogens with zero attached hydrogens (tertiary/aromatic N) is 2. The second-order valence-electron chi connectivity index (χ2n) is 7.54. The summed E-state index contributed by atoms with van der Waals surface area (Å²) in [6, 6.07) is 25.3. The van der Waals surface area contributed by atoms with Crippen molar-refractivity contribution in [2.75, 3.05) is 0 Å². The first-order chi connectivity index (χ1) is 16.2. The molecule has 0 aliphatic heterocycles. The molecule has 0 atom stereocenters. The van der Waals surface area contributed by atoms with Crippen LogP contribution < -0.4 is 0 Å². The predicted octanol–water partition coefficient (Wildman–Crippen LogP) is 7.46. The molecule has 0 unspecified atom stereocenters. The number of Topliss-reactive ketones (excluding diaryl/α,β-unsaturated/α-hetero) is 1. The van der Waals surface area contributed by atoms with Gasteiger partial charge in [0.25, 0.3) is 0 Å². The number of carbonyl (C=O) groups is 1. The van der Waals surface area contributed by atoms with E-state index >= 15 is 0 Å². The average Bonchev–Trinajstić information content (AvgIpc) is 3.57. The zero-order chi connectivity index (χ0) is 22.5. The van der Waals surface area contributed by atoms with Crippen LogP contribution in [0.5, 0.6) is 0 Å². The van der Waals surface area contributed by atoms with Crippen LogP contribution in [0.1, 0.15) is 21.7 Å².